The van der Waals surface area contributed by atoms with Crippen molar-refractivity contribution in [3.63, 3.8) is 0 Å². The highest BCUT2D eigenvalue weighted by Crippen LogP contribution is 2.33. The number of nitrogens with one attached hydrogen (secondary N) is 2. The Labute approximate surface area is 105 Å². The number of aromatic amines is 1. The largest absolute Gasteiger partial charge is 0.347 e. The van der Waals surface area contributed by atoms with Crippen LogP contribution in [0.1, 0.15) is 42.4 Å². The van der Waals surface area contributed by atoms with Gasteiger partial charge in [0.25, 0.3) is 0 Å². The molecule has 4 heteroatoms. The smallest absolute Gasteiger partial charge is 0.126 e. The van der Waals surface area contributed by atoms with E-state index >= 15 is 0 Å². The van der Waals surface area contributed by atoms with E-state index in [9.17, 15) is 4.39 Å². The van der Waals surface area contributed by atoms with Gasteiger partial charge < -0.3 is 10.3 Å². The third-order valence-electron chi connectivity index (χ3n) is 3.59. The van der Waals surface area contributed by atoms with E-state index in [-0.39, 0.29) is 17.9 Å². The normalized spacial score (nSPS) is 19.8. The van der Waals surface area contributed by atoms with Crippen molar-refractivity contribution in [3.05, 3.63) is 53.4 Å². The molecule has 0 aliphatic heterocycles. The van der Waals surface area contributed by atoms with Gasteiger partial charge in [0.15, 0.2) is 0 Å². The minimum atomic E-state index is -0.0811. The molecule has 94 valence electrons. The Hall–Kier alpha value is -1.68. The van der Waals surface area contributed by atoms with Gasteiger partial charge in [-0.05, 0) is 37.0 Å². The molecule has 3 rings (SSSR count). The number of nitrogens with zero attached hydrogens (tertiary/aromatic N) is 1. The lowest BCUT2D eigenvalue weighted by molar-refractivity contribution is 0.452. The van der Waals surface area contributed by atoms with Crippen LogP contribution in [0.2, 0.25) is 0 Å². The van der Waals surface area contributed by atoms with Gasteiger partial charge in [-0.3, -0.25) is 0 Å². The lowest BCUT2D eigenvalue weighted by Gasteiger charge is -2.18. The zero-order chi connectivity index (χ0) is 12.5. The standard InChI is InChI=1S/C14H16FN3/c1-9(14-16-7-8-17-14)18-13-6-5-10-11(13)3-2-4-12(10)15/h2-4,7-9,13,18H,5-6H2,1H3,(H,16,17). The van der Waals surface area contributed by atoms with Crippen molar-refractivity contribution in [1.82, 2.24) is 15.3 Å². The molecule has 0 saturated heterocycles. The predicted octanol–water partition coefficient (Wildman–Crippen LogP) is 2.89. The zero-order valence-electron chi connectivity index (χ0n) is 10.3. The zero-order valence-corrected chi connectivity index (χ0v) is 10.3. The lowest BCUT2D eigenvalue weighted by Crippen LogP contribution is -2.23. The van der Waals surface area contributed by atoms with Crippen LogP contribution >= 0.6 is 0 Å². The average Bonchev–Trinajstić information content (AvgIpc) is 2.99. The molecule has 0 radical (unpaired) electrons. The van der Waals surface area contributed by atoms with Crippen molar-refractivity contribution in [3.8, 4) is 0 Å². The summed E-state index contributed by atoms with van der Waals surface area (Å²) in [5.74, 6) is 0.835. The Morgan fingerprint density at radius 1 is 1.50 bits per heavy atom. The van der Waals surface area contributed by atoms with Crippen LogP contribution in [0.3, 0.4) is 0 Å². The second kappa shape index (κ2) is 4.53. The molecule has 18 heavy (non-hydrogen) atoms. The first-order valence-corrected chi connectivity index (χ1v) is 6.28. The number of aromatic nitrogens is 2. The summed E-state index contributed by atoms with van der Waals surface area (Å²) in [6.45, 7) is 2.07. The predicted molar refractivity (Wildman–Crippen MR) is 67.6 cm³/mol. The molecule has 0 fully saturated rings. The first-order chi connectivity index (χ1) is 8.75. The summed E-state index contributed by atoms with van der Waals surface area (Å²) in [6.07, 6.45) is 5.32. The van der Waals surface area contributed by atoms with Crippen LogP contribution in [0.15, 0.2) is 30.6 Å². The number of benzene rings is 1. The Morgan fingerprint density at radius 2 is 2.39 bits per heavy atom. The maximum absolute atomic E-state index is 13.6. The van der Waals surface area contributed by atoms with E-state index in [1.54, 1.807) is 12.3 Å². The summed E-state index contributed by atoms with van der Waals surface area (Å²) in [4.78, 5) is 7.34. The van der Waals surface area contributed by atoms with E-state index in [0.29, 0.717) is 0 Å². The fourth-order valence-corrected chi connectivity index (χ4v) is 2.68. The molecule has 2 unspecified atom stereocenters. The van der Waals surface area contributed by atoms with Gasteiger partial charge in [0, 0.05) is 18.4 Å². The summed E-state index contributed by atoms with van der Waals surface area (Å²) in [6, 6.07) is 5.69. The quantitative estimate of drug-likeness (QED) is 0.873. The van der Waals surface area contributed by atoms with Crippen LogP contribution in [0.5, 0.6) is 0 Å². The van der Waals surface area contributed by atoms with Crippen molar-refractivity contribution in [2.45, 2.75) is 31.8 Å². The summed E-state index contributed by atoms with van der Waals surface area (Å²) >= 11 is 0. The number of fused-ring (bicyclic) bond motifs is 1. The number of halogens is 1. The van der Waals surface area contributed by atoms with Crippen LogP contribution in [-0.2, 0) is 6.42 Å². The van der Waals surface area contributed by atoms with Crippen molar-refractivity contribution in [2.24, 2.45) is 0 Å². The van der Waals surface area contributed by atoms with Gasteiger partial charge in [-0.25, -0.2) is 9.37 Å². The third kappa shape index (κ3) is 1.93. The number of hydrogen-bond acceptors (Lipinski definition) is 2. The van der Waals surface area contributed by atoms with Crippen molar-refractivity contribution < 1.29 is 4.39 Å². The molecule has 1 aliphatic rings. The van der Waals surface area contributed by atoms with E-state index < -0.39 is 0 Å². The van der Waals surface area contributed by atoms with Gasteiger partial charge in [0.05, 0.1) is 6.04 Å². The van der Waals surface area contributed by atoms with Gasteiger partial charge in [-0.1, -0.05) is 12.1 Å². The van der Waals surface area contributed by atoms with E-state index in [2.05, 4.69) is 22.2 Å². The Bertz CT molecular complexity index is 536. The minimum absolute atomic E-state index is 0.0811. The van der Waals surface area contributed by atoms with Gasteiger partial charge >= 0.3 is 0 Å². The first kappa shape index (κ1) is 11.4. The van der Waals surface area contributed by atoms with Gasteiger partial charge in [-0.15, -0.1) is 0 Å². The molecule has 0 spiro atoms. The average molecular weight is 245 g/mol. The number of hydrogen-bond donors (Lipinski definition) is 2. The number of imidazole rings is 1. The van der Waals surface area contributed by atoms with Crippen molar-refractivity contribution in [1.29, 1.82) is 0 Å². The van der Waals surface area contributed by atoms with Crippen LogP contribution in [0.25, 0.3) is 0 Å². The molecule has 1 aliphatic carbocycles. The minimum Gasteiger partial charge on any atom is -0.347 e. The van der Waals surface area contributed by atoms with E-state index in [4.69, 9.17) is 0 Å². The molecule has 0 saturated carbocycles. The molecule has 2 N–H and O–H groups in total. The topological polar surface area (TPSA) is 40.7 Å². The fourth-order valence-electron chi connectivity index (χ4n) is 2.68. The maximum atomic E-state index is 13.6. The van der Waals surface area contributed by atoms with Crippen molar-refractivity contribution in [2.75, 3.05) is 0 Å². The Morgan fingerprint density at radius 3 is 3.17 bits per heavy atom. The molecule has 3 nitrogen and oxygen atoms in total. The third-order valence-corrected chi connectivity index (χ3v) is 3.59. The lowest BCUT2D eigenvalue weighted by atomic mass is 10.1. The SMILES string of the molecule is CC(NC1CCc2c(F)cccc21)c1ncc[nH]1. The summed E-state index contributed by atoms with van der Waals surface area (Å²) in [5.41, 5.74) is 1.95. The monoisotopic (exact) mass is 245 g/mol. The van der Waals surface area contributed by atoms with Gasteiger partial charge in [0.1, 0.15) is 11.6 Å². The molecule has 2 atom stereocenters. The van der Waals surface area contributed by atoms with E-state index in [1.807, 2.05) is 12.3 Å². The molecular weight excluding hydrogens is 229 g/mol. The molecule has 1 heterocycles. The highest BCUT2D eigenvalue weighted by molar-refractivity contribution is 5.35. The molecular formula is C14H16FN3. The molecule has 1 aromatic carbocycles. The van der Waals surface area contributed by atoms with Crippen molar-refractivity contribution >= 4 is 0 Å². The second-order valence-electron chi connectivity index (χ2n) is 4.76. The molecule has 1 aromatic heterocycles. The Balaban J connectivity index is 1.79. The highest BCUT2D eigenvalue weighted by atomic mass is 19.1. The number of rotatable bonds is 3. The molecule has 0 bridgehead atoms. The molecule has 0 amide bonds. The van der Waals surface area contributed by atoms with Gasteiger partial charge in [0.2, 0.25) is 0 Å². The summed E-state index contributed by atoms with van der Waals surface area (Å²) in [7, 11) is 0. The van der Waals surface area contributed by atoms with Crippen LogP contribution < -0.4 is 5.32 Å². The van der Waals surface area contributed by atoms with Gasteiger partial charge in [-0.2, -0.15) is 0 Å². The van der Waals surface area contributed by atoms with Crippen LogP contribution in [0.4, 0.5) is 4.39 Å². The first-order valence-electron chi connectivity index (χ1n) is 6.28. The summed E-state index contributed by atoms with van der Waals surface area (Å²) < 4.78 is 13.6. The number of H-pyrrole nitrogens is 1. The second-order valence-corrected chi connectivity index (χ2v) is 4.76. The highest BCUT2D eigenvalue weighted by Gasteiger charge is 2.26. The van der Waals surface area contributed by atoms with Crippen LogP contribution in [-0.4, -0.2) is 9.97 Å². The fraction of sp³-hybridized carbons (Fsp3) is 0.357. The van der Waals surface area contributed by atoms with Crippen LogP contribution in [0, 0.1) is 5.82 Å². The maximum Gasteiger partial charge on any atom is 0.126 e. The summed E-state index contributed by atoms with van der Waals surface area (Å²) in [5, 5.41) is 3.50. The molecule has 2 aromatic rings. The van der Waals surface area contributed by atoms with E-state index in [0.717, 1.165) is 29.8 Å². The van der Waals surface area contributed by atoms with E-state index in [1.165, 1.54) is 6.07 Å². The Kier molecular flexibility index (Phi) is 2.88.